The minimum Gasteiger partial charge on any atom is -0.508 e. The van der Waals surface area contributed by atoms with Gasteiger partial charge in [0.05, 0.1) is 19.3 Å². The third-order valence-corrected chi connectivity index (χ3v) is 16.9. The summed E-state index contributed by atoms with van der Waals surface area (Å²) >= 11 is 0. The molecule has 0 aliphatic carbocycles. The number of hydrogen-bond donors (Lipinski definition) is 15. The number of carboxylic acid groups (broad SMARTS) is 1. The molecule has 2 aliphatic heterocycles. The first-order valence-corrected chi connectivity index (χ1v) is 31.5. The Balaban J connectivity index is 0.00000342. The molecule has 6 rings (SSSR count). The number of benzene rings is 3. The number of carboxylic acids is 1. The number of para-hydroxylation sites is 1. The quantitative estimate of drug-likeness (QED) is 0.0307. The first-order valence-electron chi connectivity index (χ1n) is 29.0. The molecule has 2 aliphatic rings. The number of hydrogen-bond acceptors (Lipinski definition) is 18. The number of aromatic hydroxyl groups is 1. The molecule has 3 unspecified atom stereocenters. The Kier molecular flexibility index (Phi) is 29.4. The van der Waals surface area contributed by atoms with Gasteiger partial charge in [0.1, 0.15) is 54.1 Å². The van der Waals surface area contributed by atoms with Gasteiger partial charge in [0.25, 0.3) is 5.97 Å². The van der Waals surface area contributed by atoms with Crippen LogP contribution in [0.5, 0.6) is 5.75 Å². The van der Waals surface area contributed by atoms with Gasteiger partial charge < -0.3 is 79.4 Å². The van der Waals surface area contributed by atoms with Crippen LogP contribution in [0, 0.1) is 0 Å². The second-order valence-electron chi connectivity index (χ2n) is 21.4. The zero-order valence-electron chi connectivity index (χ0n) is 49.5. The molecule has 88 heavy (non-hydrogen) atoms. The van der Waals surface area contributed by atoms with Crippen LogP contribution >= 0.6 is 21.6 Å². The Morgan fingerprint density at radius 1 is 0.716 bits per heavy atom. The number of nitrogens with one attached hydrogen (secondary N) is 9. The van der Waals surface area contributed by atoms with Crippen molar-refractivity contribution in [3.63, 3.8) is 0 Å². The Hall–Kier alpha value is -7.80. The average molecular weight is 1260 g/mol. The van der Waals surface area contributed by atoms with Crippen LogP contribution in [0.2, 0.25) is 0 Å². The maximum atomic E-state index is 15.0. The summed E-state index contributed by atoms with van der Waals surface area (Å²) in [5.41, 5.74) is 13.9. The Morgan fingerprint density at radius 2 is 1.30 bits per heavy atom. The van der Waals surface area contributed by atoms with Crippen LogP contribution in [0.1, 0.15) is 63.1 Å². The van der Waals surface area contributed by atoms with E-state index in [2.05, 4.69) is 52.4 Å². The van der Waals surface area contributed by atoms with Crippen molar-refractivity contribution in [1.82, 2.24) is 57.3 Å². The van der Waals surface area contributed by atoms with Crippen molar-refractivity contribution in [2.24, 2.45) is 11.5 Å². The fourth-order valence-corrected chi connectivity index (χ4v) is 12.0. The smallest absolute Gasteiger partial charge is 0.300 e. The lowest BCUT2D eigenvalue weighted by Gasteiger charge is -2.34. The van der Waals surface area contributed by atoms with Crippen molar-refractivity contribution >= 4 is 91.6 Å². The van der Waals surface area contributed by atoms with Gasteiger partial charge >= 0.3 is 0 Å². The molecule has 3 heterocycles. The summed E-state index contributed by atoms with van der Waals surface area (Å²) in [6.07, 6.45) is 0.824. The van der Waals surface area contributed by atoms with Crippen molar-refractivity contribution in [3.8, 4) is 5.75 Å². The lowest BCUT2D eigenvalue weighted by Crippen LogP contribution is -2.61. The number of piperazine rings is 1. The molecular weight excluding hydrogens is 1180 g/mol. The third-order valence-electron chi connectivity index (χ3n) is 14.5. The maximum Gasteiger partial charge on any atom is 0.300 e. The van der Waals surface area contributed by atoms with Gasteiger partial charge in [-0.3, -0.25) is 57.7 Å². The number of fused-ring (bicyclic) bond motifs is 1. The van der Waals surface area contributed by atoms with Crippen LogP contribution in [0.4, 0.5) is 0 Å². The first kappa shape index (κ1) is 71.0. The normalized spacial score (nSPS) is 21.5. The fourth-order valence-electron chi connectivity index (χ4n) is 9.65. The van der Waals surface area contributed by atoms with E-state index < -0.39 is 114 Å². The number of aromatic amines is 1. The van der Waals surface area contributed by atoms with E-state index in [-0.39, 0.29) is 69.1 Å². The monoisotopic (exact) mass is 1260 g/mol. The van der Waals surface area contributed by atoms with Crippen molar-refractivity contribution in [3.05, 3.63) is 102 Å². The molecule has 2 fully saturated rings. The van der Waals surface area contributed by atoms with Crippen LogP contribution < -0.4 is 54.0 Å². The number of H-pyrrole nitrogens is 1. The standard InChI is InChI=1S/C57H79N13O12S2.C2H4O2/c1-3-40-51(76)66-47(57(82)68-49(34(2)72)50(59)75)33-84-83-32-46(67-53(78)43(27-35-11-5-4-6-12-35)61-48(74)31-70-23-21-69(22-24-70)25-26-71)56(81)64-44(28-36-16-18-38(73)19-17-36)54(79)65-45(29-37-30-60-41-14-8-7-13-39(37)41)55(80)63-42(52(77)62-40)15-9-10-20-58;1-2(3)4/h4-8,11-14,16-19,30,34,40,42-47,49,60,71-73H,3,9-10,15,20-29,31-33,58H2,1-2H3,(H2,59,75)(H,61,74)(H,62,77)(H,63,80)(H,64,81)(H,65,79)(H,66,76)(H,67,78)(H,68,82);1H3,(H,3,4)/t34-,40?,42?,43-,44+,45-,46?,47+,49-;/m0./s1. The van der Waals surface area contributed by atoms with Gasteiger partial charge in [-0.1, -0.05) is 89.2 Å². The highest BCUT2D eigenvalue weighted by Crippen LogP contribution is 2.25. The second-order valence-corrected chi connectivity index (χ2v) is 23.9. The Labute approximate surface area is 518 Å². The molecule has 0 spiro atoms. The van der Waals surface area contributed by atoms with Crippen molar-refractivity contribution in [2.75, 3.05) is 63.9 Å². The fraction of sp³-hybridized carbons (Fsp3) is 0.492. The number of unbranched alkanes of at least 4 members (excludes halogenated alkanes) is 1. The summed E-state index contributed by atoms with van der Waals surface area (Å²) in [4.78, 5) is 145. The minimum atomic E-state index is -1.58. The lowest BCUT2D eigenvalue weighted by atomic mass is 10.0. The summed E-state index contributed by atoms with van der Waals surface area (Å²) in [5, 5.41) is 60.0. The molecule has 9 amide bonds. The molecule has 0 bridgehead atoms. The molecule has 3 aromatic carbocycles. The molecule has 2 saturated heterocycles. The van der Waals surface area contributed by atoms with Gasteiger partial charge in [0.15, 0.2) is 0 Å². The van der Waals surface area contributed by atoms with Crippen molar-refractivity contribution in [1.29, 1.82) is 0 Å². The number of carbonyl (C=O) groups is 10. The number of rotatable bonds is 22. The summed E-state index contributed by atoms with van der Waals surface area (Å²) in [6, 6.07) is 10.9. The number of nitrogens with two attached hydrogens (primary N) is 2. The molecule has 27 nitrogen and oxygen atoms in total. The number of primary amides is 1. The zero-order valence-corrected chi connectivity index (χ0v) is 51.2. The topological polar surface area (TPSA) is 422 Å². The molecule has 0 saturated carbocycles. The van der Waals surface area contributed by atoms with E-state index in [1.807, 2.05) is 29.2 Å². The van der Waals surface area contributed by atoms with Crippen LogP contribution in [0.3, 0.4) is 0 Å². The number of aliphatic carboxylic acids is 1. The summed E-state index contributed by atoms with van der Waals surface area (Å²) in [6.45, 7) is 6.98. The van der Waals surface area contributed by atoms with Gasteiger partial charge in [-0.2, -0.15) is 0 Å². The molecule has 4 aromatic rings. The number of phenols is 1. The highest BCUT2D eigenvalue weighted by Gasteiger charge is 2.36. The summed E-state index contributed by atoms with van der Waals surface area (Å²) < 4.78 is 0. The van der Waals surface area contributed by atoms with E-state index >= 15 is 9.59 Å². The minimum absolute atomic E-state index is 0.00114. The van der Waals surface area contributed by atoms with Crippen molar-refractivity contribution in [2.45, 2.75) is 120 Å². The predicted molar refractivity (Wildman–Crippen MR) is 332 cm³/mol. The number of β-amino-alcohol motifs (C(OH)–C–C–N with tert-alkyl or cyclic N) is 1. The molecule has 480 valence electrons. The SMILES string of the molecule is CC(=O)O.CCC1NC(=O)C(CCCCN)NC(=O)[C@H](Cc2c[nH]c3ccccc23)NC(=O)[C@@H](Cc2ccc(O)cc2)NC(=O)C(NC(=O)[C@H](Cc2ccccc2)NC(=O)CN2CCN(CCO)CC2)CSSC[C@H](C(=O)N[C@H](C(N)=O)[C@H](C)O)NC1=O. The average Bonchev–Trinajstić information content (AvgIpc) is 3.72. The number of aliphatic hydroxyl groups excluding tert-OH is 2. The number of phenolic OH excluding ortho intramolecular Hbond substituents is 1. The van der Waals surface area contributed by atoms with Crippen LogP contribution in [-0.4, -0.2) is 213 Å². The molecule has 0 radical (unpaired) electrons. The molecule has 1 aromatic heterocycles. The third kappa shape index (κ3) is 23.4. The van der Waals surface area contributed by atoms with E-state index in [9.17, 15) is 48.9 Å². The zero-order chi connectivity index (χ0) is 64.3. The Morgan fingerprint density at radius 3 is 1.93 bits per heavy atom. The van der Waals surface area contributed by atoms with Crippen LogP contribution in [0.25, 0.3) is 10.9 Å². The highest BCUT2D eigenvalue weighted by atomic mass is 33.1. The van der Waals surface area contributed by atoms with E-state index in [1.54, 1.807) is 55.6 Å². The highest BCUT2D eigenvalue weighted by molar-refractivity contribution is 8.76. The lowest BCUT2D eigenvalue weighted by molar-refractivity contribution is -0.136. The van der Waals surface area contributed by atoms with Gasteiger partial charge in [0, 0.05) is 87.5 Å². The summed E-state index contributed by atoms with van der Waals surface area (Å²) in [7, 11) is 1.97. The number of carbonyl (C=O) groups excluding carboxylic acids is 9. The van der Waals surface area contributed by atoms with E-state index in [0.29, 0.717) is 62.3 Å². The number of aromatic nitrogens is 1. The summed E-state index contributed by atoms with van der Waals surface area (Å²) in [5.74, 6) is -8.74. The molecule has 9 atom stereocenters. The Bertz CT molecular complexity index is 2970. The van der Waals surface area contributed by atoms with Gasteiger partial charge in [-0.15, -0.1) is 0 Å². The van der Waals surface area contributed by atoms with Gasteiger partial charge in [0.2, 0.25) is 53.2 Å². The predicted octanol–water partition coefficient (Wildman–Crippen LogP) is -1.72. The molecular formula is C59H83N13O14S2. The molecule has 29 heteroatoms. The molecule has 17 N–H and O–H groups in total. The van der Waals surface area contributed by atoms with E-state index in [4.69, 9.17) is 21.4 Å². The van der Waals surface area contributed by atoms with Crippen LogP contribution in [0.15, 0.2) is 85.1 Å². The van der Waals surface area contributed by atoms with E-state index in [1.165, 1.54) is 19.1 Å². The van der Waals surface area contributed by atoms with E-state index in [0.717, 1.165) is 39.4 Å². The first-order chi connectivity index (χ1) is 42.1. The number of aliphatic hydroxyl groups is 2. The van der Waals surface area contributed by atoms with Gasteiger partial charge in [-0.05, 0) is 74.0 Å². The second kappa shape index (κ2) is 36.5. The van der Waals surface area contributed by atoms with Crippen molar-refractivity contribution < 1.29 is 68.4 Å². The number of amides is 9. The number of nitrogens with zero attached hydrogens (tertiary/aromatic N) is 2. The van der Waals surface area contributed by atoms with Crippen LogP contribution in [-0.2, 0) is 67.2 Å². The maximum absolute atomic E-state index is 15.0. The van der Waals surface area contributed by atoms with Gasteiger partial charge in [-0.25, -0.2) is 0 Å². The largest absolute Gasteiger partial charge is 0.508 e.